The number of hydrogen-bond donors (Lipinski definition) is 0. The van der Waals surface area contributed by atoms with Gasteiger partial charge in [0.25, 0.3) is 0 Å². The molecule has 1 spiro atoms. The van der Waals surface area contributed by atoms with Crippen LogP contribution in [0.5, 0.6) is 5.75 Å². The molecule has 2 heterocycles. The second-order valence-corrected chi connectivity index (χ2v) is 14.5. The van der Waals surface area contributed by atoms with Crippen molar-refractivity contribution < 1.29 is 29.0 Å². The zero-order valence-electron chi connectivity index (χ0n) is 28.4. The molecule has 11 rings (SSSR count). The van der Waals surface area contributed by atoms with Crippen molar-refractivity contribution in [1.29, 1.82) is 0 Å². The fourth-order valence-electron chi connectivity index (χ4n) is 8.74. The fraction of sp³-hybridized carbons (Fsp3) is 0.0213. The van der Waals surface area contributed by atoms with E-state index in [1.54, 1.807) is 17.4 Å². The van der Waals surface area contributed by atoms with Gasteiger partial charge in [-0.3, -0.25) is 0 Å². The molecule has 0 saturated heterocycles. The van der Waals surface area contributed by atoms with Gasteiger partial charge >= 0.3 is 18.9 Å². The normalized spacial score (nSPS) is 14.9. The zero-order valence-corrected chi connectivity index (χ0v) is 29.2. The maximum absolute atomic E-state index is 12.8. The summed E-state index contributed by atoms with van der Waals surface area (Å²) >= 11 is 1.73. The molecule has 0 saturated carbocycles. The average molecular weight is 676 g/mol. The summed E-state index contributed by atoms with van der Waals surface area (Å²) < 4.78 is 1.20. The van der Waals surface area contributed by atoms with Gasteiger partial charge in [0.05, 0.1) is 21.0 Å². The Hall–Kier alpha value is -5.76. The molecule has 5 heteroatoms. The van der Waals surface area contributed by atoms with E-state index in [0.717, 1.165) is 32.6 Å². The SMILES string of the molecule is [Li+].[O-]c1ccc(-c2ccc3c(c2)C2(c4ccccc4-c4ccc(-c5ccc(-c6nc7ccccc7s6)cc5)cc42)c2ccccc2-3)c2ccc[nH+]c12. The van der Waals surface area contributed by atoms with Crippen LogP contribution >= 0.6 is 11.3 Å². The molecule has 2 aromatic heterocycles. The molecule has 52 heavy (non-hydrogen) atoms. The van der Waals surface area contributed by atoms with Gasteiger partial charge in [-0.15, -0.1) is 11.3 Å². The number of aromatic nitrogens is 2. The Kier molecular flexibility index (Phi) is 6.94. The van der Waals surface area contributed by atoms with E-state index in [0.29, 0.717) is 5.52 Å². The van der Waals surface area contributed by atoms with Gasteiger partial charge in [0.1, 0.15) is 5.01 Å². The Bertz CT molecular complexity index is 2850. The maximum atomic E-state index is 12.8. The van der Waals surface area contributed by atoms with Crippen LogP contribution in [-0.4, -0.2) is 4.98 Å². The van der Waals surface area contributed by atoms with Gasteiger partial charge in [0.15, 0.2) is 6.20 Å². The molecule has 1 atom stereocenters. The first-order valence-corrected chi connectivity index (χ1v) is 18.1. The van der Waals surface area contributed by atoms with E-state index < -0.39 is 5.41 Å². The first-order chi connectivity index (χ1) is 25.2. The summed E-state index contributed by atoms with van der Waals surface area (Å²) in [5.41, 5.74) is 17.0. The number of fused-ring (bicyclic) bond motifs is 12. The van der Waals surface area contributed by atoms with Gasteiger partial charge in [-0.2, -0.15) is 0 Å². The molecule has 0 aliphatic heterocycles. The predicted molar refractivity (Wildman–Crippen MR) is 206 cm³/mol. The fourth-order valence-corrected chi connectivity index (χ4v) is 9.71. The van der Waals surface area contributed by atoms with E-state index in [1.807, 2.05) is 30.5 Å². The number of thiazole rings is 1. The molecule has 0 radical (unpaired) electrons. The van der Waals surface area contributed by atoms with Crippen LogP contribution in [0.4, 0.5) is 0 Å². The van der Waals surface area contributed by atoms with E-state index >= 15 is 0 Å². The number of H-pyrrole nitrogens is 1. The molecule has 2 aliphatic rings. The Balaban J connectivity index is 0.00000338. The molecule has 1 N–H and O–H groups in total. The van der Waals surface area contributed by atoms with Crippen LogP contribution in [0.2, 0.25) is 0 Å². The minimum atomic E-state index is -0.495. The zero-order chi connectivity index (χ0) is 33.7. The third-order valence-corrected chi connectivity index (χ3v) is 12.0. The minimum absolute atomic E-state index is 0. The summed E-state index contributed by atoms with van der Waals surface area (Å²) in [6.45, 7) is 0. The van der Waals surface area contributed by atoms with Crippen molar-refractivity contribution in [3.63, 3.8) is 0 Å². The van der Waals surface area contributed by atoms with Crippen molar-refractivity contribution in [3.05, 3.63) is 186 Å². The second-order valence-electron chi connectivity index (χ2n) is 13.5. The van der Waals surface area contributed by atoms with Gasteiger partial charge in [0.2, 0.25) is 5.52 Å². The van der Waals surface area contributed by atoms with E-state index in [-0.39, 0.29) is 24.6 Å². The molecule has 9 aromatic rings. The summed E-state index contributed by atoms with van der Waals surface area (Å²) in [6, 6.07) is 56.6. The number of nitrogens with one attached hydrogen (secondary N) is 1. The monoisotopic (exact) mass is 675 g/mol. The van der Waals surface area contributed by atoms with Crippen LogP contribution in [0.3, 0.4) is 0 Å². The predicted octanol–water partition coefficient (Wildman–Crippen LogP) is 7.69. The third-order valence-electron chi connectivity index (χ3n) is 11.0. The molecule has 1 unspecified atom stereocenters. The molecule has 0 amide bonds. The van der Waals surface area contributed by atoms with E-state index in [1.165, 1.54) is 60.3 Å². The molecule has 0 fully saturated rings. The van der Waals surface area contributed by atoms with Crippen LogP contribution in [0.15, 0.2) is 164 Å². The van der Waals surface area contributed by atoms with Crippen LogP contribution in [0.25, 0.3) is 76.2 Å². The van der Waals surface area contributed by atoms with Crippen molar-refractivity contribution in [3.8, 4) is 60.8 Å². The number of aromatic amines is 1. The molecular weight excluding hydrogens is 648 g/mol. The van der Waals surface area contributed by atoms with E-state index in [4.69, 9.17) is 4.98 Å². The third kappa shape index (κ3) is 4.27. The molecule has 238 valence electrons. The van der Waals surface area contributed by atoms with E-state index in [9.17, 15) is 5.11 Å². The van der Waals surface area contributed by atoms with Crippen molar-refractivity contribution in [1.82, 2.24) is 4.98 Å². The quantitative estimate of drug-likeness (QED) is 0.181. The summed E-state index contributed by atoms with van der Waals surface area (Å²) in [7, 11) is 0. The summed E-state index contributed by atoms with van der Waals surface area (Å²) in [6.07, 6.45) is 1.82. The van der Waals surface area contributed by atoms with E-state index in [2.05, 4.69) is 132 Å². The average Bonchev–Trinajstić information content (AvgIpc) is 3.85. The molecule has 3 nitrogen and oxygen atoms in total. The van der Waals surface area contributed by atoms with Crippen molar-refractivity contribution in [2.24, 2.45) is 0 Å². The van der Waals surface area contributed by atoms with Gasteiger partial charge in [-0.1, -0.05) is 121 Å². The van der Waals surface area contributed by atoms with Crippen LogP contribution in [-0.2, 0) is 5.41 Å². The molecular formula is C47H28LiN2OS+. The number of rotatable bonds is 3. The van der Waals surface area contributed by atoms with Crippen LogP contribution in [0, 0.1) is 0 Å². The largest absolute Gasteiger partial charge is 1.00 e. The Morgan fingerprint density at radius 2 is 1.08 bits per heavy atom. The van der Waals surface area contributed by atoms with Gasteiger partial charge < -0.3 is 5.11 Å². The Labute approximate surface area is 317 Å². The van der Waals surface area contributed by atoms with Crippen molar-refractivity contribution in [2.45, 2.75) is 5.41 Å². The standard InChI is InChI=1S/C47H28N2OS.Li/c50-43-24-23-32(37-10-7-25-48-45(37)43)31-20-22-36-34-9-2-4-12-39(34)47(41(36)27-31)38-11-3-1-8-33(38)35-21-19-30(26-40(35)47)28-15-17-29(18-16-28)46-49-42-13-5-6-14-44(42)51-46;/h1-27,50H;/q;+1. The Morgan fingerprint density at radius 1 is 0.500 bits per heavy atom. The summed E-state index contributed by atoms with van der Waals surface area (Å²) in [4.78, 5) is 8.09. The van der Waals surface area contributed by atoms with Crippen molar-refractivity contribution >= 4 is 32.5 Å². The van der Waals surface area contributed by atoms with Gasteiger partial charge in [-0.05, 0) is 103 Å². The van der Waals surface area contributed by atoms with Gasteiger partial charge in [0, 0.05) is 11.6 Å². The number of hydrogen-bond acceptors (Lipinski definition) is 3. The first kappa shape index (κ1) is 31.0. The van der Waals surface area contributed by atoms with Gasteiger partial charge in [-0.25, -0.2) is 9.97 Å². The number of benzene rings is 7. The Morgan fingerprint density at radius 3 is 1.81 bits per heavy atom. The molecule has 2 aliphatic carbocycles. The van der Waals surface area contributed by atoms with Crippen LogP contribution < -0.4 is 29.0 Å². The number of nitrogens with zero attached hydrogens (tertiary/aromatic N) is 1. The first-order valence-electron chi connectivity index (χ1n) is 17.2. The van der Waals surface area contributed by atoms with Crippen LogP contribution in [0.1, 0.15) is 22.3 Å². The smallest absolute Gasteiger partial charge is 0.868 e. The number of para-hydroxylation sites is 1. The molecule has 0 bridgehead atoms. The molecule has 7 aromatic carbocycles. The maximum Gasteiger partial charge on any atom is 1.00 e. The number of pyridine rings is 1. The summed E-state index contributed by atoms with van der Waals surface area (Å²) in [5, 5.41) is 14.8. The summed E-state index contributed by atoms with van der Waals surface area (Å²) in [5.74, 6) is -0.00123. The minimum Gasteiger partial charge on any atom is -0.868 e. The second kappa shape index (κ2) is 11.6. The van der Waals surface area contributed by atoms with Crippen molar-refractivity contribution in [2.75, 3.05) is 0 Å². The topological polar surface area (TPSA) is 50.1 Å².